The first-order valence-electron chi connectivity index (χ1n) is 6.98. The standard InChI is InChI=1S/C14H22N2O3/c1-15(12-4-2-3-5-12)13(17)10-16-8-6-11(7-9-16)14(18)19/h4,11H,2-3,5-10H2,1H3,(H,18,19). The molecule has 5 nitrogen and oxygen atoms in total. The highest BCUT2D eigenvalue weighted by Crippen LogP contribution is 2.21. The number of carbonyl (C=O) groups is 2. The third-order valence-corrected chi connectivity index (χ3v) is 4.12. The molecule has 0 atom stereocenters. The molecule has 1 amide bonds. The number of rotatable bonds is 4. The van der Waals surface area contributed by atoms with Crippen molar-refractivity contribution in [1.82, 2.24) is 9.80 Å². The molecule has 1 aliphatic carbocycles. The van der Waals surface area contributed by atoms with Crippen LogP contribution in [0.15, 0.2) is 11.8 Å². The fourth-order valence-corrected chi connectivity index (χ4v) is 2.75. The van der Waals surface area contributed by atoms with E-state index < -0.39 is 5.97 Å². The van der Waals surface area contributed by atoms with E-state index in [4.69, 9.17) is 5.11 Å². The molecule has 0 aromatic rings. The number of aliphatic carboxylic acids is 1. The highest BCUT2D eigenvalue weighted by atomic mass is 16.4. The average Bonchev–Trinajstić information content (AvgIpc) is 2.92. The van der Waals surface area contributed by atoms with Gasteiger partial charge in [-0.25, -0.2) is 0 Å². The van der Waals surface area contributed by atoms with E-state index >= 15 is 0 Å². The Kier molecular flexibility index (Phi) is 4.58. The van der Waals surface area contributed by atoms with Gasteiger partial charge in [-0.05, 0) is 45.2 Å². The van der Waals surface area contributed by atoms with Crippen molar-refractivity contribution in [3.05, 3.63) is 11.8 Å². The fraction of sp³-hybridized carbons (Fsp3) is 0.714. The molecule has 2 rings (SSSR count). The van der Waals surface area contributed by atoms with E-state index in [-0.39, 0.29) is 11.8 Å². The van der Waals surface area contributed by atoms with Crippen LogP contribution in [0.4, 0.5) is 0 Å². The smallest absolute Gasteiger partial charge is 0.306 e. The zero-order chi connectivity index (χ0) is 13.8. The molecule has 5 heteroatoms. The van der Waals surface area contributed by atoms with Crippen molar-refractivity contribution < 1.29 is 14.7 Å². The molecule has 0 bridgehead atoms. The summed E-state index contributed by atoms with van der Waals surface area (Å²) in [5.74, 6) is -0.831. The lowest BCUT2D eigenvalue weighted by atomic mass is 9.97. The van der Waals surface area contributed by atoms with Crippen LogP contribution in [-0.2, 0) is 9.59 Å². The molecule has 2 aliphatic rings. The molecule has 0 saturated carbocycles. The summed E-state index contributed by atoms with van der Waals surface area (Å²) >= 11 is 0. The molecule has 1 aliphatic heterocycles. The van der Waals surface area contributed by atoms with Crippen molar-refractivity contribution in [3.8, 4) is 0 Å². The second kappa shape index (κ2) is 6.19. The molecular formula is C14H22N2O3. The van der Waals surface area contributed by atoms with Crippen molar-refractivity contribution in [2.75, 3.05) is 26.7 Å². The zero-order valence-corrected chi connectivity index (χ0v) is 11.5. The van der Waals surface area contributed by atoms with E-state index in [0.29, 0.717) is 32.5 Å². The van der Waals surface area contributed by atoms with Gasteiger partial charge in [-0.15, -0.1) is 0 Å². The number of likely N-dealkylation sites (N-methyl/N-ethyl adjacent to an activating group) is 1. The Balaban J connectivity index is 1.79. The van der Waals surface area contributed by atoms with Gasteiger partial charge in [-0.1, -0.05) is 6.08 Å². The molecule has 0 unspecified atom stereocenters. The number of carbonyl (C=O) groups excluding carboxylic acids is 1. The third kappa shape index (κ3) is 3.56. The number of allylic oxidation sites excluding steroid dienone is 2. The van der Waals surface area contributed by atoms with E-state index in [1.54, 1.807) is 4.90 Å². The number of nitrogens with zero attached hydrogens (tertiary/aromatic N) is 2. The number of carboxylic acid groups (broad SMARTS) is 1. The maximum absolute atomic E-state index is 12.1. The Morgan fingerprint density at radius 3 is 2.63 bits per heavy atom. The quantitative estimate of drug-likeness (QED) is 0.833. The predicted molar refractivity (Wildman–Crippen MR) is 71.5 cm³/mol. The summed E-state index contributed by atoms with van der Waals surface area (Å²) in [6.07, 6.45) is 6.62. The van der Waals surface area contributed by atoms with Gasteiger partial charge in [0.1, 0.15) is 0 Å². The minimum absolute atomic E-state index is 0.113. The number of hydrogen-bond acceptors (Lipinski definition) is 3. The average molecular weight is 266 g/mol. The van der Waals surface area contributed by atoms with E-state index in [0.717, 1.165) is 25.0 Å². The first-order chi connectivity index (χ1) is 9.08. The number of likely N-dealkylation sites (tertiary alicyclic amines) is 1. The van der Waals surface area contributed by atoms with Crippen molar-refractivity contribution in [3.63, 3.8) is 0 Å². The van der Waals surface area contributed by atoms with Crippen molar-refractivity contribution in [2.45, 2.75) is 32.1 Å². The number of amides is 1. The summed E-state index contributed by atoms with van der Waals surface area (Å²) in [6, 6.07) is 0. The van der Waals surface area contributed by atoms with Crippen molar-refractivity contribution >= 4 is 11.9 Å². The van der Waals surface area contributed by atoms with Gasteiger partial charge in [0.25, 0.3) is 0 Å². The highest BCUT2D eigenvalue weighted by Gasteiger charge is 2.26. The third-order valence-electron chi connectivity index (χ3n) is 4.12. The van der Waals surface area contributed by atoms with Gasteiger partial charge in [0.15, 0.2) is 0 Å². The number of piperidine rings is 1. The van der Waals surface area contributed by atoms with E-state index in [1.165, 1.54) is 0 Å². The van der Waals surface area contributed by atoms with Crippen LogP contribution in [0.2, 0.25) is 0 Å². The molecule has 106 valence electrons. The van der Waals surface area contributed by atoms with Crippen LogP contribution in [0.1, 0.15) is 32.1 Å². The molecular weight excluding hydrogens is 244 g/mol. The predicted octanol–water partition coefficient (Wildman–Crippen LogP) is 1.31. The summed E-state index contributed by atoms with van der Waals surface area (Å²) < 4.78 is 0. The maximum atomic E-state index is 12.1. The molecule has 1 fully saturated rings. The minimum Gasteiger partial charge on any atom is -0.481 e. The lowest BCUT2D eigenvalue weighted by Crippen LogP contribution is -2.42. The summed E-state index contributed by atoms with van der Waals surface area (Å²) in [7, 11) is 1.84. The molecule has 1 saturated heterocycles. The van der Waals surface area contributed by atoms with Gasteiger partial charge in [0.05, 0.1) is 12.5 Å². The zero-order valence-electron chi connectivity index (χ0n) is 11.5. The van der Waals surface area contributed by atoms with Gasteiger partial charge in [0.2, 0.25) is 5.91 Å². The molecule has 1 heterocycles. The summed E-state index contributed by atoms with van der Waals surface area (Å²) in [5.41, 5.74) is 1.13. The fourth-order valence-electron chi connectivity index (χ4n) is 2.75. The second-order valence-electron chi connectivity index (χ2n) is 5.43. The first kappa shape index (κ1) is 14.1. The van der Waals surface area contributed by atoms with Crippen LogP contribution in [0.3, 0.4) is 0 Å². The van der Waals surface area contributed by atoms with E-state index in [2.05, 4.69) is 11.0 Å². The summed E-state index contributed by atoms with van der Waals surface area (Å²) in [5, 5.41) is 8.94. The van der Waals surface area contributed by atoms with E-state index in [1.807, 2.05) is 7.05 Å². The Hall–Kier alpha value is -1.36. The van der Waals surface area contributed by atoms with Crippen LogP contribution >= 0.6 is 0 Å². The molecule has 0 spiro atoms. The maximum Gasteiger partial charge on any atom is 0.306 e. The Bertz CT molecular complexity index is 384. The SMILES string of the molecule is CN(C(=O)CN1CCC(C(=O)O)CC1)C1=CCCC1. The Morgan fingerprint density at radius 2 is 2.11 bits per heavy atom. The van der Waals surface area contributed by atoms with Gasteiger partial charge in [-0.3, -0.25) is 14.5 Å². The van der Waals surface area contributed by atoms with Crippen molar-refractivity contribution in [2.24, 2.45) is 5.92 Å². The molecule has 0 aromatic heterocycles. The van der Waals surface area contributed by atoms with Crippen molar-refractivity contribution in [1.29, 1.82) is 0 Å². The monoisotopic (exact) mass is 266 g/mol. The minimum atomic E-state index is -0.709. The van der Waals surface area contributed by atoms with E-state index in [9.17, 15) is 9.59 Å². The molecule has 19 heavy (non-hydrogen) atoms. The first-order valence-corrected chi connectivity index (χ1v) is 6.98. The lowest BCUT2D eigenvalue weighted by molar-refractivity contribution is -0.143. The largest absolute Gasteiger partial charge is 0.481 e. The van der Waals surface area contributed by atoms with Crippen LogP contribution in [-0.4, -0.2) is 53.5 Å². The van der Waals surface area contributed by atoms with Gasteiger partial charge < -0.3 is 10.0 Å². The Labute approximate surface area is 113 Å². The van der Waals surface area contributed by atoms with Gasteiger partial charge in [0, 0.05) is 12.7 Å². The summed E-state index contributed by atoms with van der Waals surface area (Å²) in [6.45, 7) is 1.81. The van der Waals surface area contributed by atoms with Crippen LogP contribution in [0.5, 0.6) is 0 Å². The lowest BCUT2D eigenvalue weighted by Gasteiger charge is -2.31. The Morgan fingerprint density at radius 1 is 1.42 bits per heavy atom. The molecule has 1 N–H and O–H groups in total. The second-order valence-corrected chi connectivity index (χ2v) is 5.43. The van der Waals surface area contributed by atoms with Gasteiger partial charge >= 0.3 is 5.97 Å². The van der Waals surface area contributed by atoms with Crippen LogP contribution in [0.25, 0.3) is 0 Å². The van der Waals surface area contributed by atoms with Gasteiger partial charge in [-0.2, -0.15) is 0 Å². The molecule has 0 aromatic carbocycles. The topological polar surface area (TPSA) is 60.9 Å². The normalized spacial score (nSPS) is 21.2. The van der Waals surface area contributed by atoms with Crippen LogP contribution in [0, 0.1) is 5.92 Å². The highest BCUT2D eigenvalue weighted by molar-refractivity contribution is 5.80. The molecule has 0 radical (unpaired) electrons. The summed E-state index contributed by atoms with van der Waals surface area (Å²) in [4.78, 5) is 26.8. The van der Waals surface area contributed by atoms with Crippen LogP contribution < -0.4 is 0 Å². The number of carboxylic acids is 1. The number of hydrogen-bond donors (Lipinski definition) is 1.